The van der Waals surface area contributed by atoms with Crippen LogP contribution in [-0.2, 0) is 26.2 Å². The van der Waals surface area contributed by atoms with Crippen LogP contribution in [0.3, 0.4) is 0 Å². The predicted octanol–water partition coefficient (Wildman–Crippen LogP) is 4.92. The van der Waals surface area contributed by atoms with Crippen LogP contribution in [0.4, 0.5) is 5.69 Å². The van der Waals surface area contributed by atoms with Gasteiger partial charge in [0.05, 0.1) is 28.8 Å². The maximum Gasteiger partial charge on any atom is 0.267 e. The average molecular weight is 711 g/mol. The highest BCUT2D eigenvalue weighted by Crippen LogP contribution is 2.36. The first kappa shape index (κ1) is 31.7. The molecule has 230 valence electrons. The van der Waals surface area contributed by atoms with Gasteiger partial charge in [-0.25, -0.2) is 13.6 Å². The van der Waals surface area contributed by atoms with Crippen LogP contribution in [0, 0.1) is 0 Å². The highest BCUT2D eigenvalue weighted by Gasteiger charge is 2.34. The summed E-state index contributed by atoms with van der Waals surface area (Å²) < 4.78 is 34.9. The van der Waals surface area contributed by atoms with E-state index in [-0.39, 0.29) is 29.7 Å². The van der Waals surface area contributed by atoms with E-state index in [4.69, 9.17) is 14.3 Å². The number of nitrogens with zero attached hydrogens (tertiary/aromatic N) is 3. The molecule has 0 unspecified atom stereocenters. The minimum absolute atomic E-state index is 0.0799. The predicted molar refractivity (Wildman–Crippen MR) is 174 cm³/mol. The highest BCUT2D eigenvalue weighted by molar-refractivity contribution is 9.10. The number of ether oxygens (including phenoxy) is 1. The third-order valence-electron chi connectivity index (χ3n) is 6.11. The third kappa shape index (κ3) is 8.48. The van der Waals surface area contributed by atoms with Gasteiger partial charge >= 0.3 is 0 Å². The number of benzene rings is 3. The van der Waals surface area contributed by atoms with E-state index < -0.39 is 15.9 Å². The molecule has 1 aromatic heterocycles. The number of rotatable bonds is 10. The Morgan fingerprint density at radius 1 is 1.11 bits per heavy atom. The van der Waals surface area contributed by atoms with Crippen molar-refractivity contribution < 1.29 is 32.3 Å². The van der Waals surface area contributed by atoms with E-state index in [0.29, 0.717) is 38.4 Å². The molecule has 4 N–H and O–H groups in total. The van der Waals surface area contributed by atoms with Gasteiger partial charge in [-0.05, 0) is 102 Å². The first-order chi connectivity index (χ1) is 21.5. The molecule has 0 atom stereocenters. The van der Waals surface area contributed by atoms with Gasteiger partial charge in [-0.2, -0.15) is 5.10 Å². The van der Waals surface area contributed by atoms with Crippen molar-refractivity contribution in [2.24, 2.45) is 15.3 Å². The number of amides is 2. The van der Waals surface area contributed by atoms with Crippen LogP contribution in [0.25, 0.3) is 6.08 Å². The van der Waals surface area contributed by atoms with Gasteiger partial charge in [-0.1, -0.05) is 15.9 Å². The molecule has 1 fully saturated rings. The van der Waals surface area contributed by atoms with Crippen LogP contribution in [0.5, 0.6) is 11.5 Å². The van der Waals surface area contributed by atoms with Crippen LogP contribution in [-0.4, -0.2) is 48.2 Å². The number of nitrogens with one attached hydrogen (secondary N) is 1. The van der Waals surface area contributed by atoms with E-state index in [9.17, 15) is 23.1 Å². The molecule has 2 amide bonds. The summed E-state index contributed by atoms with van der Waals surface area (Å²) in [5.41, 5.74) is 1.59. The molecule has 12 nitrogen and oxygen atoms in total. The largest absolute Gasteiger partial charge is 0.508 e. The summed E-state index contributed by atoms with van der Waals surface area (Å²) in [6.07, 6.45) is 4.66. The number of hydrogen-bond donors (Lipinski definition) is 3. The Balaban J connectivity index is 1.34. The van der Waals surface area contributed by atoms with Gasteiger partial charge in [0, 0.05) is 15.7 Å². The zero-order valence-electron chi connectivity index (χ0n) is 23.2. The fraction of sp³-hybridized carbons (Fsp3) is 0.0667. The van der Waals surface area contributed by atoms with Crippen molar-refractivity contribution in [3.05, 3.63) is 111 Å². The smallest absolute Gasteiger partial charge is 0.267 e. The number of phenols is 1. The molecule has 0 radical (unpaired) electrons. The fourth-order valence-corrected chi connectivity index (χ4v) is 5.78. The zero-order chi connectivity index (χ0) is 32.0. The van der Waals surface area contributed by atoms with Gasteiger partial charge in [0.2, 0.25) is 10.0 Å². The molecule has 1 saturated heterocycles. The second-order valence-electron chi connectivity index (χ2n) is 9.39. The summed E-state index contributed by atoms with van der Waals surface area (Å²) in [5.74, 6) is 0.200. The lowest BCUT2D eigenvalue weighted by atomic mass is 10.2. The highest BCUT2D eigenvalue weighted by atomic mass is 79.9. The SMILES string of the molecule is NS(=O)(=O)c1ccc(NC(=O)COc2ccc(Br)cc2/C=C2\S/C(=N/N=C\c3ccc(O)cc3)N(Cc3ccco3)C2=O)cc1. The van der Waals surface area contributed by atoms with E-state index in [1.165, 1.54) is 53.8 Å². The lowest BCUT2D eigenvalue weighted by Crippen LogP contribution is -2.28. The lowest BCUT2D eigenvalue weighted by molar-refractivity contribution is -0.122. The number of carbonyl (C=O) groups is 2. The second kappa shape index (κ2) is 13.9. The fourth-order valence-electron chi connectivity index (χ4n) is 3.96. The third-order valence-corrected chi connectivity index (χ3v) is 8.53. The van der Waals surface area contributed by atoms with Gasteiger partial charge in [-0.3, -0.25) is 14.5 Å². The molecular formula is C30H24BrN5O7S2. The summed E-state index contributed by atoms with van der Waals surface area (Å²) in [7, 11) is -3.86. The van der Waals surface area contributed by atoms with Crippen LogP contribution in [0.2, 0.25) is 0 Å². The Morgan fingerprint density at radius 3 is 2.56 bits per heavy atom. The maximum absolute atomic E-state index is 13.5. The first-order valence-electron chi connectivity index (χ1n) is 13.0. The minimum Gasteiger partial charge on any atom is -0.508 e. The van der Waals surface area contributed by atoms with Gasteiger partial charge < -0.3 is 19.6 Å². The number of nitrogens with two attached hydrogens (primary N) is 1. The van der Waals surface area contributed by atoms with E-state index in [0.717, 1.165) is 16.2 Å². The molecule has 45 heavy (non-hydrogen) atoms. The number of furan rings is 1. The Bertz CT molecular complexity index is 1910. The molecule has 1 aliphatic rings. The van der Waals surface area contributed by atoms with Gasteiger partial charge in [0.25, 0.3) is 11.8 Å². The Hall–Kier alpha value is -4.70. The number of anilines is 1. The number of halogens is 1. The number of thioether (sulfide) groups is 1. The number of primary sulfonamides is 1. The summed E-state index contributed by atoms with van der Waals surface area (Å²) in [6.45, 7) is -0.233. The summed E-state index contributed by atoms with van der Waals surface area (Å²) >= 11 is 4.56. The Morgan fingerprint density at radius 2 is 1.87 bits per heavy atom. The molecule has 4 aromatic rings. The van der Waals surface area contributed by atoms with Crippen molar-refractivity contribution >= 4 is 72.7 Å². The van der Waals surface area contributed by atoms with Crippen LogP contribution in [0.1, 0.15) is 16.9 Å². The number of phenolic OH excluding ortho intramolecular Hbond substituents is 1. The van der Waals surface area contributed by atoms with Crippen LogP contribution in [0.15, 0.2) is 114 Å². The van der Waals surface area contributed by atoms with Gasteiger partial charge in [-0.15, -0.1) is 5.10 Å². The number of sulfonamides is 1. The molecule has 1 aliphatic heterocycles. The molecule has 0 spiro atoms. The molecular weight excluding hydrogens is 686 g/mol. The molecule has 0 bridgehead atoms. The second-order valence-corrected chi connectivity index (χ2v) is 12.9. The van der Waals surface area contributed by atoms with Crippen molar-refractivity contribution in [2.75, 3.05) is 11.9 Å². The molecule has 2 heterocycles. The first-order valence-corrected chi connectivity index (χ1v) is 16.2. The number of amidine groups is 1. The minimum atomic E-state index is -3.86. The van der Waals surface area contributed by atoms with Crippen molar-refractivity contribution in [2.45, 2.75) is 11.4 Å². The molecule has 15 heteroatoms. The molecule has 0 aliphatic carbocycles. The normalized spacial score (nSPS) is 15.3. The number of carbonyl (C=O) groups excluding carboxylic acids is 2. The maximum atomic E-state index is 13.5. The quantitative estimate of drug-likeness (QED) is 0.118. The Kier molecular flexibility index (Phi) is 9.83. The molecule has 0 saturated carbocycles. The van der Waals surface area contributed by atoms with E-state index in [2.05, 4.69) is 31.4 Å². The number of aromatic hydroxyl groups is 1. The van der Waals surface area contributed by atoms with Gasteiger partial charge in [0.1, 0.15) is 17.3 Å². The van der Waals surface area contributed by atoms with Crippen molar-refractivity contribution in [1.82, 2.24) is 4.90 Å². The van der Waals surface area contributed by atoms with E-state index in [1.807, 2.05) is 0 Å². The molecule has 3 aromatic carbocycles. The van der Waals surface area contributed by atoms with E-state index >= 15 is 0 Å². The van der Waals surface area contributed by atoms with Crippen molar-refractivity contribution in [3.63, 3.8) is 0 Å². The van der Waals surface area contributed by atoms with Crippen molar-refractivity contribution in [1.29, 1.82) is 0 Å². The lowest BCUT2D eigenvalue weighted by Gasteiger charge is -2.13. The monoisotopic (exact) mass is 709 g/mol. The standard InChI is InChI=1S/C30H24BrN5O7S2/c31-21-5-12-26(43-18-28(38)34-22-6-10-25(11-7-22)45(32,40)41)20(14-21)15-27-29(39)36(17-24-2-1-13-42-24)30(44-27)35-33-16-19-3-8-23(37)9-4-19/h1-16,37H,17-18H2,(H,34,38)(H2,32,40,41)/b27-15-,33-16-,35-30+. The topological polar surface area (TPSA) is 177 Å². The zero-order valence-corrected chi connectivity index (χ0v) is 26.4. The van der Waals surface area contributed by atoms with Crippen molar-refractivity contribution in [3.8, 4) is 11.5 Å². The average Bonchev–Trinajstić information content (AvgIpc) is 3.62. The van der Waals surface area contributed by atoms with E-state index in [1.54, 1.807) is 48.5 Å². The van der Waals surface area contributed by atoms with Crippen LogP contribution < -0.4 is 15.2 Å². The molecule has 5 rings (SSSR count). The Labute approximate surface area is 270 Å². The summed E-state index contributed by atoms with van der Waals surface area (Å²) in [5, 5.41) is 26.0. The van der Waals surface area contributed by atoms with Gasteiger partial charge in [0.15, 0.2) is 11.8 Å². The van der Waals surface area contributed by atoms with Crippen LogP contribution >= 0.6 is 27.7 Å². The summed E-state index contributed by atoms with van der Waals surface area (Å²) in [4.78, 5) is 27.8. The number of hydrogen-bond acceptors (Lipinski definition) is 10. The summed E-state index contributed by atoms with van der Waals surface area (Å²) in [6, 6.07) is 20.4.